The zero-order valence-corrected chi connectivity index (χ0v) is 23.4. The molecule has 0 fully saturated rings. The Balaban J connectivity index is 1.47. The fraction of sp³-hybridized carbons (Fsp3) is 0.344. The summed E-state index contributed by atoms with van der Waals surface area (Å²) in [5.74, 6) is -1.85. The summed E-state index contributed by atoms with van der Waals surface area (Å²) < 4.78 is 5.68. The molecule has 0 aliphatic heterocycles. The number of ether oxygens (including phenoxy) is 1. The van der Waals surface area contributed by atoms with Gasteiger partial charge in [-0.05, 0) is 40.3 Å². The highest BCUT2D eigenvalue weighted by Crippen LogP contribution is 2.44. The van der Waals surface area contributed by atoms with Crippen LogP contribution in [0, 0.1) is 5.41 Å². The zero-order chi connectivity index (χ0) is 28.9. The predicted octanol–water partition coefficient (Wildman–Crippen LogP) is 4.64. The fourth-order valence-electron chi connectivity index (χ4n) is 5.14. The van der Waals surface area contributed by atoms with Crippen LogP contribution >= 0.6 is 0 Å². The molecule has 2 unspecified atom stereocenters. The smallest absolute Gasteiger partial charge is 0.407 e. The highest BCUT2D eigenvalue weighted by molar-refractivity contribution is 5.89. The number of nitrogens with one attached hydrogen (secondary N) is 2. The number of amides is 2. The number of rotatable bonds is 10. The van der Waals surface area contributed by atoms with E-state index in [9.17, 15) is 19.5 Å². The van der Waals surface area contributed by atoms with E-state index >= 15 is 0 Å². The van der Waals surface area contributed by atoms with Crippen LogP contribution in [-0.2, 0) is 20.9 Å². The lowest BCUT2D eigenvalue weighted by Gasteiger charge is -2.30. The molecular formula is C32H37N3O5. The quantitative estimate of drug-likeness (QED) is 0.344. The third-order valence-electron chi connectivity index (χ3n) is 7.14. The third kappa shape index (κ3) is 6.87. The number of benzene rings is 3. The average Bonchev–Trinajstić information content (AvgIpc) is 3.23. The summed E-state index contributed by atoms with van der Waals surface area (Å²) in [5.41, 5.74) is 4.72. The van der Waals surface area contributed by atoms with Crippen LogP contribution in [-0.4, -0.2) is 60.3 Å². The highest BCUT2D eigenvalue weighted by atomic mass is 16.5. The van der Waals surface area contributed by atoms with E-state index in [0.717, 1.165) is 27.8 Å². The molecule has 1 aliphatic carbocycles. The first-order valence-electron chi connectivity index (χ1n) is 13.4. The van der Waals surface area contributed by atoms with Crippen molar-refractivity contribution in [1.29, 1.82) is 0 Å². The molecule has 0 radical (unpaired) electrons. The number of likely N-dealkylation sites (N-methyl/N-ethyl adjacent to an activating group) is 1. The van der Waals surface area contributed by atoms with E-state index in [-0.39, 0.29) is 19.1 Å². The minimum Gasteiger partial charge on any atom is -0.480 e. The van der Waals surface area contributed by atoms with Crippen molar-refractivity contribution in [3.63, 3.8) is 0 Å². The Morgan fingerprint density at radius 1 is 0.875 bits per heavy atom. The van der Waals surface area contributed by atoms with Crippen LogP contribution in [0.5, 0.6) is 0 Å². The van der Waals surface area contributed by atoms with Gasteiger partial charge in [0.25, 0.3) is 0 Å². The molecule has 3 N–H and O–H groups in total. The Hall–Kier alpha value is -4.17. The van der Waals surface area contributed by atoms with Gasteiger partial charge in [-0.15, -0.1) is 0 Å². The molecule has 4 rings (SSSR count). The van der Waals surface area contributed by atoms with E-state index in [1.165, 1.54) is 0 Å². The number of carbonyl (C=O) groups excluding carboxylic acids is 2. The largest absolute Gasteiger partial charge is 0.480 e. The summed E-state index contributed by atoms with van der Waals surface area (Å²) in [7, 11) is 1.84. The van der Waals surface area contributed by atoms with Crippen LogP contribution in [0.4, 0.5) is 4.79 Å². The summed E-state index contributed by atoms with van der Waals surface area (Å²) >= 11 is 0. The standard InChI is InChI=1S/C32H37N3O5/c1-32(2,3)28(30(37)38)34-29(36)27(19-35(4)18-21-12-6-5-7-13-21)33-31(39)40-20-26-24-16-10-8-14-22(24)23-15-9-11-17-25(23)26/h5-17,26-28H,18-20H2,1-4H3,(H,33,39)(H,34,36)(H,37,38). The molecule has 0 spiro atoms. The van der Waals surface area contributed by atoms with Crippen LogP contribution in [0.2, 0.25) is 0 Å². The molecule has 0 heterocycles. The minimum atomic E-state index is -1.14. The van der Waals surface area contributed by atoms with Crippen molar-refractivity contribution >= 4 is 18.0 Å². The van der Waals surface area contributed by atoms with Gasteiger partial charge in [-0.2, -0.15) is 0 Å². The molecule has 0 saturated heterocycles. The Labute approximate surface area is 235 Å². The molecule has 3 aromatic rings. The number of fused-ring (bicyclic) bond motifs is 3. The average molecular weight is 544 g/mol. The van der Waals surface area contributed by atoms with Gasteiger partial charge in [-0.25, -0.2) is 9.59 Å². The van der Waals surface area contributed by atoms with Crippen LogP contribution < -0.4 is 10.6 Å². The number of carboxylic acid groups (broad SMARTS) is 1. The normalized spacial score (nSPS) is 14.1. The van der Waals surface area contributed by atoms with Crippen molar-refractivity contribution in [2.45, 2.75) is 45.3 Å². The lowest BCUT2D eigenvalue weighted by atomic mass is 9.86. The summed E-state index contributed by atoms with van der Waals surface area (Å²) in [6.45, 7) is 6.01. The van der Waals surface area contributed by atoms with Gasteiger partial charge in [-0.3, -0.25) is 9.69 Å². The van der Waals surface area contributed by atoms with Gasteiger partial charge < -0.3 is 20.5 Å². The van der Waals surface area contributed by atoms with Crippen molar-refractivity contribution < 1.29 is 24.2 Å². The molecule has 2 amide bonds. The van der Waals surface area contributed by atoms with Crippen molar-refractivity contribution in [3.8, 4) is 11.1 Å². The second-order valence-corrected chi connectivity index (χ2v) is 11.4. The minimum absolute atomic E-state index is 0.105. The molecule has 8 heteroatoms. The van der Waals surface area contributed by atoms with Crippen LogP contribution in [0.1, 0.15) is 43.4 Å². The zero-order valence-electron chi connectivity index (χ0n) is 23.4. The van der Waals surface area contributed by atoms with E-state index in [0.29, 0.717) is 6.54 Å². The Morgan fingerprint density at radius 2 is 1.43 bits per heavy atom. The first-order chi connectivity index (χ1) is 19.0. The van der Waals surface area contributed by atoms with Crippen molar-refractivity contribution in [2.24, 2.45) is 5.41 Å². The van der Waals surface area contributed by atoms with Gasteiger partial charge in [0, 0.05) is 19.0 Å². The van der Waals surface area contributed by atoms with Crippen molar-refractivity contribution in [1.82, 2.24) is 15.5 Å². The maximum atomic E-state index is 13.3. The van der Waals surface area contributed by atoms with Gasteiger partial charge in [0.1, 0.15) is 18.7 Å². The number of alkyl carbamates (subject to hydrolysis) is 1. The summed E-state index contributed by atoms with van der Waals surface area (Å²) in [6.07, 6.45) is -0.738. The number of aliphatic carboxylic acids is 1. The van der Waals surface area contributed by atoms with Crippen LogP contribution in [0.3, 0.4) is 0 Å². The molecule has 0 aromatic heterocycles. The second kappa shape index (κ2) is 12.3. The molecule has 2 atom stereocenters. The van der Waals surface area contributed by atoms with E-state index < -0.39 is 35.5 Å². The van der Waals surface area contributed by atoms with Crippen molar-refractivity contribution in [3.05, 3.63) is 95.6 Å². The molecule has 3 aromatic carbocycles. The molecular weight excluding hydrogens is 506 g/mol. The Kier molecular flexibility index (Phi) is 8.90. The number of nitrogens with zero attached hydrogens (tertiary/aromatic N) is 1. The van der Waals surface area contributed by atoms with Crippen LogP contribution in [0.15, 0.2) is 78.9 Å². The lowest BCUT2D eigenvalue weighted by Crippen LogP contribution is -2.58. The first-order valence-corrected chi connectivity index (χ1v) is 13.4. The number of hydrogen-bond acceptors (Lipinski definition) is 5. The maximum absolute atomic E-state index is 13.3. The fourth-order valence-corrected chi connectivity index (χ4v) is 5.14. The summed E-state index contributed by atoms with van der Waals surface area (Å²) in [6, 6.07) is 23.7. The second-order valence-electron chi connectivity index (χ2n) is 11.4. The van der Waals surface area contributed by atoms with E-state index in [4.69, 9.17) is 4.74 Å². The number of hydrogen-bond donors (Lipinski definition) is 3. The third-order valence-corrected chi connectivity index (χ3v) is 7.14. The molecule has 8 nitrogen and oxygen atoms in total. The molecule has 0 bridgehead atoms. The molecule has 1 aliphatic rings. The van der Waals surface area contributed by atoms with Crippen LogP contribution in [0.25, 0.3) is 11.1 Å². The Morgan fingerprint density at radius 3 is 1.98 bits per heavy atom. The predicted molar refractivity (Wildman–Crippen MR) is 154 cm³/mol. The van der Waals surface area contributed by atoms with Gasteiger partial charge in [0.15, 0.2) is 0 Å². The highest BCUT2D eigenvalue weighted by Gasteiger charge is 2.35. The van der Waals surface area contributed by atoms with E-state index in [1.54, 1.807) is 20.8 Å². The van der Waals surface area contributed by atoms with Gasteiger partial charge in [0.05, 0.1) is 0 Å². The Bertz CT molecular complexity index is 1310. The summed E-state index contributed by atoms with van der Waals surface area (Å²) in [5, 5.41) is 15.0. The SMILES string of the molecule is CN(Cc1ccccc1)CC(NC(=O)OCC1c2ccccc2-c2ccccc21)C(=O)NC(C(=O)O)C(C)(C)C. The van der Waals surface area contributed by atoms with Crippen molar-refractivity contribution in [2.75, 3.05) is 20.2 Å². The summed E-state index contributed by atoms with van der Waals surface area (Å²) in [4.78, 5) is 40.2. The maximum Gasteiger partial charge on any atom is 0.407 e. The van der Waals surface area contributed by atoms with Gasteiger partial charge in [-0.1, -0.05) is 99.6 Å². The molecule has 210 valence electrons. The van der Waals surface area contributed by atoms with Gasteiger partial charge >= 0.3 is 12.1 Å². The topological polar surface area (TPSA) is 108 Å². The first kappa shape index (κ1) is 28.8. The lowest BCUT2D eigenvalue weighted by molar-refractivity contribution is -0.145. The number of carbonyl (C=O) groups is 3. The van der Waals surface area contributed by atoms with E-state index in [2.05, 4.69) is 22.8 Å². The number of carboxylic acids is 1. The van der Waals surface area contributed by atoms with E-state index in [1.807, 2.05) is 78.7 Å². The van der Waals surface area contributed by atoms with Gasteiger partial charge in [0.2, 0.25) is 5.91 Å². The molecule has 0 saturated carbocycles. The molecule has 40 heavy (non-hydrogen) atoms. The monoisotopic (exact) mass is 543 g/mol.